The van der Waals surface area contributed by atoms with E-state index >= 15 is 0 Å². The number of nitrogen functional groups attached to an aromatic ring is 1. The van der Waals surface area contributed by atoms with Crippen LogP contribution in [-0.2, 0) is 10.0 Å². The van der Waals surface area contributed by atoms with Gasteiger partial charge in [0.15, 0.2) is 0 Å². The second-order valence-corrected chi connectivity index (χ2v) is 5.87. The summed E-state index contributed by atoms with van der Waals surface area (Å²) in [4.78, 5) is -0.215. The number of anilines is 1. The lowest BCUT2D eigenvalue weighted by atomic mass is 10.2. The summed E-state index contributed by atoms with van der Waals surface area (Å²) in [6.07, 6.45) is 0.281. The van der Waals surface area contributed by atoms with E-state index in [2.05, 4.69) is 4.72 Å². The van der Waals surface area contributed by atoms with Crippen molar-refractivity contribution in [3.05, 3.63) is 23.5 Å². The van der Waals surface area contributed by atoms with E-state index in [-0.39, 0.29) is 29.2 Å². The lowest BCUT2D eigenvalue weighted by molar-refractivity contribution is 0.275. The fourth-order valence-corrected chi connectivity index (χ4v) is 2.74. The van der Waals surface area contributed by atoms with E-state index in [1.807, 2.05) is 0 Å². The van der Waals surface area contributed by atoms with Crippen LogP contribution in [0.4, 0.5) is 10.1 Å². The zero-order chi connectivity index (χ0) is 13.9. The van der Waals surface area contributed by atoms with Crippen LogP contribution in [-0.4, -0.2) is 26.2 Å². The van der Waals surface area contributed by atoms with Crippen molar-refractivity contribution in [1.82, 2.24) is 4.72 Å². The molecule has 102 valence electrons. The highest BCUT2D eigenvalue weighted by molar-refractivity contribution is 7.89. The Hall–Kier alpha value is -1.18. The first kappa shape index (κ1) is 14.9. The Kier molecular flexibility index (Phi) is 4.66. The molecule has 0 radical (unpaired) electrons. The lowest BCUT2D eigenvalue weighted by Gasteiger charge is -2.14. The molecule has 0 aromatic heterocycles. The molecule has 0 aliphatic rings. The highest BCUT2D eigenvalue weighted by atomic mass is 32.2. The summed E-state index contributed by atoms with van der Waals surface area (Å²) >= 11 is 0. The van der Waals surface area contributed by atoms with Gasteiger partial charge in [-0.05, 0) is 32.4 Å². The quantitative estimate of drug-likeness (QED) is 0.692. The van der Waals surface area contributed by atoms with Crippen LogP contribution in [0, 0.1) is 12.7 Å². The molecule has 1 rings (SSSR count). The van der Waals surface area contributed by atoms with Gasteiger partial charge >= 0.3 is 0 Å². The molecule has 7 heteroatoms. The highest BCUT2D eigenvalue weighted by Gasteiger charge is 2.19. The second-order valence-electron chi connectivity index (χ2n) is 4.15. The van der Waals surface area contributed by atoms with Crippen LogP contribution in [0.25, 0.3) is 0 Å². The number of aliphatic hydroxyl groups is 1. The van der Waals surface area contributed by atoms with Gasteiger partial charge in [0.05, 0.1) is 4.90 Å². The van der Waals surface area contributed by atoms with Crippen LogP contribution >= 0.6 is 0 Å². The zero-order valence-corrected chi connectivity index (χ0v) is 11.1. The lowest BCUT2D eigenvalue weighted by Crippen LogP contribution is -2.33. The number of nitrogens with one attached hydrogen (secondary N) is 1. The Labute approximate surface area is 106 Å². The minimum atomic E-state index is -3.82. The van der Waals surface area contributed by atoms with Crippen molar-refractivity contribution in [2.24, 2.45) is 0 Å². The molecule has 1 atom stereocenters. The Morgan fingerprint density at radius 1 is 1.50 bits per heavy atom. The zero-order valence-electron chi connectivity index (χ0n) is 10.3. The monoisotopic (exact) mass is 276 g/mol. The van der Waals surface area contributed by atoms with Crippen LogP contribution in [0.15, 0.2) is 17.0 Å². The number of hydrogen-bond acceptors (Lipinski definition) is 4. The first-order chi connectivity index (χ1) is 8.27. The SMILES string of the molecule is Cc1c(N)cc(S(=O)(=O)NC(C)CCO)cc1F. The summed E-state index contributed by atoms with van der Waals surface area (Å²) in [6, 6.07) is 1.71. The van der Waals surface area contributed by atoms with E-state index in [0.29, 0.717) is 0 Å². The van der Waals surface area contributed by atoms with Gasteiger partial charge in [-0.25, -0.2) is 17.5 Å². The van der Waals surface area contributed by atoms with Gasteiger partial charge in [-0.15, -0.1) is 0 Å². The van der Waals surface area contributed by atoms with Gasteiger partial charge in [-0.1, -0.05) is 0 Å². The molecule has 0 aliphatic carbocycles. The Morgan fingerprint density at radius 3 is 2.61 bits per heavy atom. The summed E-state index contributed by atoms with van der Waals surface area (Å²) in [6.45, 7) is 2.96. The van der Waals surface area contributed by atoms with E-state index in [4.69, 9.17) is 10.8 Å². The summed E-state index contributed by atoms with van der Waals surface area (Å²) in [5.41, 5.74) is 5.84. The van der Waals surface area contributed by atoms with Crippen molar-refractivity contribution < 1.29 is 17.9 Å². The predicted molar refractivity (Wildman–Crippen MR) is 67.0 cm³/mol. The average molecular weight is 276 g/mol. The van der Waals surface area contributed by atoms with Crippen molar-refractivity contribution in [1.29, 1.82) is 0 Å². The topological polar surface area (TPSA) is 92.4 Å². The van der Waals surface area contributed by atoms with Gasteiger partial charge in [0.25, 0.3) is 0 Å². The van der Waals surface area contributed by atoms with Crippen LogP contribution in [0.2, 0.25) is 0 Å². The molecule has 5 nitrogen and oxygen atoms in total. The molecule has 18 heavy (non-hydrogen) atoms. The number of halogens is 1. The number of hydrogen-bond donors (Lipinski definition) is 3. The number of nitrogens with two attached hydrogens (primary N) is 1. The van der Waals surface area contributed by atoms with Crippen molar-refractivity contribution >= 4 is 15.7 Å². The largest absolute Gasteiger partial charge is 0.398 e. The molecule has 1 unspecified atom stereocenters. The van der Waals surface area contributed by atoms with Crippen molar-refractivity contribution in [3.8, 4) is 0 Å². The molecule has 0 saturated heterocycles. The van der Waals surface area contributed by atoms with Crippen LogP contribution < -0.4 is 10.5 Å². The minimum absolute atomic E-state index is 0.0881. The van der Waals surface area contributed by atoms with E-state index in [1.54, 1.807) is 6.92 Å². The molecule has 0 aliphatic heterocycles. The fraction of sp³-hybridized carbons (Fsp3) is 0.455. The first-order valence-corrected chi connectivity index (χ1v) is 6.95. The van der Waals surface area contributed by atoms with E-state index < -0.39 is 21.9 Å². The molecule has 4 N–H and O–H groups in total. The van der Waals surface area contributed by atoms with Gasteiger partial charge in [-0.3, -0.25) is 0 Å². The Bertz CT molecular complexity index is 508. The van der Waals surface area contributed by atoms with Crippen LogP contribution in [0.1, 0.15) is 18.9 Å². The van der Waals surface area contributed by atoms with Gasteiger partial charge in [0, 0.05) is 23.9 Å². The third-order valence-electron chi connectivity index (χ3n) is 2.59. The fourth-order valence-electron chi connectivity index (χ4n) is 1.41. The van der Waals surface area contributed by atoms with E-state index in [0.717, 1.165) is 6.07 Å². The molecule has 0 saturated carbocycles. The molecule has 0 spiro atoms. The molecule has 0 bridgehead atoms. The number of rotatable bonds is 5. The molecule has 1 aromatic carbocycles. The normalized spacial score (nSPS) is 13.6. The number of sulfonamides is 1. The molecule has 0 amide bonds. The maximum absolute atomic E-state index is 13.4. The van der Waals surface area contributed by atoms with Crippen molar-refractivity contribution in [2.45, 2.75) is 31.2 Å². The Morgan fingerprint density at radius 2 is 2.11 bits per heavy atom. The van der Waals surface area contributed by atoms with Gasteiger partial charge in [0.2, 0.25) is 10.0 Å². The molecular formula is C11H17FN2O3S. The van der Waals surface area contributed by atoms with E-state index in [9.17, 15) is 12.8 Å². The Balaban J connectivity index is 3.06. The van der Waals surface area contributed by atoms with Crippen molar-refractivity contribution in [2.75, 3.05) is 12.3 Å². The molecular weight excluding hydrogens is 259 g/mol. The smallest absolute Gasteiger partial charge is 0.240 e. The van der Waals surface area contributed by atoms with Gasteiger partial charge in [-0.2, -0.15) is 0 Å². The molecule has 1 aromatic rings. The summed E-state index contributed by atoms with van der Waals surface area (Å²) in [5, 5.41) is 8.71. The average Bonchev–Trinajstić information content (AvgIpc) is 2.24. The minimum Gasteiger partial charge on any atom is -0.398 e. The van der Waals surface area contributed by atoms with Crippen molar-refractivity contribution in [3.63, 3.8) is 0 Å². The third-order valence-corrected chi connectivity index (χ3v) is 4.16. The van der Waals surface area contributed by atoms with Gasteiger partial charge < -0.3 is 10.8 Å². The summed E-state index contributed by atoms with van der Waals surface area (Å²) < 4.78 is 39.6. The maximum Gasteiger partial charge on any atom is 0.240 e. The maximum atomic E-state index is 13.4. The molecule has 0 fully saturated rings. The van der Waals surface area contributed by atoms with Gasteiger partial charge in [0.1, 0.15) is 5.82 Å². The predicted octanol–water partition coefficient (Wildman–Crippen LogP) is 0.766. The summed E-state index contributed by atoms with van der Waals surface area (Å²) in [5.74, 6) is -0.662. The summed E-state index contributed by atoms with van der Waals surface area (Å²) in [7, 11) is -3.82. The first-order valence-electron chi connectivity index (χ1n) is 5.46. The van der Waals surface area contributed by atoms with Crippen LogP contribution in [0.3, 0.4) is 0 Å². The second kappa shape index (κ2) is 5.64. The van der Waals surface area contributed by atoms with Crippen LogP contribution in [0.5, 0.6) is 0 Å². The van der Waals surface area contributed by atoms with E-state index in [1.165, 1.54) is 13.0 Å². The third kappa shape index (κ3) is 3.41. The highest BCUT2D eigenvalue weighted by Crippen LogP contribution is 2.21. The number of benzene rings is 1. The number of aliphatic hydroxyl groups excluding tert-OH is 1. The standard InChI is InChI=1S/C11H17FN2O3S/c1-7(3-4-15)14-18(16,17)9-5-10(12)8(2)11(13)6-9/h5-7,14-15H,3-4,13H2,1-2H3. The molecule has 0 heterocycles.